The van der Waals surface area contributed by atoms with Crippen LogP contribution in [0, 0.1) is 0 Å². The fourth-order valence-corrected chi connectivity index (χ4v) is 2.46. The molecule has 0 aliphatic carbocycles. The molecule has 0 spiro atoms. The lowest BCUT2D eigenvalue weighted by atomic mass is 10.1. The predicted octanol–water partition coefficient (Wildman–Crippen LogP) is 3.74. The Kier molecular flexibility index (Phi) is 6.96. The van der Waals surface area contributed by atoms with Crippen molar-refractivity contribution in [1.29, 1.82) is 0 Å². The number of nitrogens with one attached hydrogen (secondary N) is 2. The Morgan fingerprint density at radius 2 is 1.72 bits per heavy atom. The Morgan fingerprint density at radius 3 is 2.40 bits per heavy atom. The molecule has 4 heteroatoms. The summed E-state index contributed by atoms with van der Waals surface area (Å²) >= 11 is 0. The van der Waals surface area contributed by atoms with Crippen LogP contribution >= 0.6 is 0 Å². The van der Waals surface area contributed by atoms with Gasteiger partial charge in [-0.15, -0.1) is 6.58 Å². The number of amides is 2. The third kappa shape index (κ3) is 5.60. The Labute approximate surface area is 149 Å². The van der Waals surface area contributed by atoms with Crippen molar-refractivity contribution in [1.82, 2.24) is 5.32 Å². The van der Waals surface area contributed by atoms with E-state index in [1.807, 2.05) is 0 Å². The Bertz CT molecular complexity index is 736. The summed E-state index contributed by atoms with van der Waals surface area (Å²) in [7, 11) is 0. The van der Waals surface area contributed by atoms with Crippen LogP contribution in [0.25, 0.3) is 0 Å². The van der Waals surface area contributed by atoms with E-state index in [0.29, 0.717) is 30.6 Å². The molecule has 0 aromatic heterocycles. The molecule has 2 rings (SSSR count). The molecule has 0 radical (unpaired) electrons. The number of rotatable bonds is 8. The number of anilines is 1. The Morgan fingerprint density at radius 1 is 1.04 bits per heavy atom. The van der Waals surface area contributed by atoms with Gasteiger partial charge in [-0.3, -0.25) is 9.59 Å². The van der Waals surface area contributed by atoms with Gasteiger partial charge >= 0.3 is 0 Å². The first-order chi connectivity index (χ1) is 12.1. The van der Waals surface area contributed by atoms with Crippen molar-refractivity contribution in [2.75, 3.05) is 11.9 Å². The van der Waals surface area contributed by atoms with Gasteiger partial charge in [-0.25, -0.2) is 0 Å². The minimum atomic E-state index is -0.231. The summed E-state index contributed by atoms with van der Waals surface area (Å²) in [6, 6.07) is 15.3. The van der Waals surface area contributed by atoms with E-state index in [2.05, 4.69) is 48.4 Å². The number of hydrogen-bond donors (Lipinski definition) is 2. The third-order valence-corrected chi connectivity index (χ3v) is 3.92. The van der Waals surface area contributed by atoms with Crippen LogP contribution in [0.1, 0.15) is 34.8 Å². The van der Waals surface area contributed by atoms with E-state index in [1.54, 1.807) is 30.3 Å². The van der Waals surface area contributed by atoms with E-state index in [-0.39, 0.29) is 11.8 Å². The number of benzene rings is 2. The van der Waals surface area contributed by atoms with E-state index in [0.717, 1.165) is 12.0 Å². The van der Waals surface area contributed by atoms with Gasteiger partial charge in [0.2, 0.25) is 5.91 Å². The lowest BCUT2D eigenvalue weighted by molar-refractivity contribution is -0.116. The highest BCUT2D eigenvalue weighted by atomic mass is 16.2. The van der Waals surface area contributed by atoms with E-state index in [9.17, 15) is 9.59 Å². The molecule has 2 amide bonds. The highest BCUT2D eigenvalue weighted by molar-refractivity contribution is 6.03. The normalized spacial score (nSPS) is 10.1. The molecule has 0 saturated carbocycles. The molecule has 130 valence electrons. The fraction of sp³-hybridized carbons (Fsp3) is 0.238. The van der Waals surface area contributed by atoms with Crippen molar-refractivity contribution < 1.29 is 9.59 Å². The van der Waals surface area contributed by atoms with Gasteiger partial charge < -0.3 is 10.6 Å². The first kappa shape index (κ1) is 18.5. The SMILES string of the molecule is C=CCNC(=O)c1ccccc1NC(=O)CCc1ccc(CC)cc1. The molecule has 0 saturated heterocycles. The Hall–Kier alpha value is -2.88. The summed E-state index contributed by atoms with van der Waals surface area (Å²) in [4.78, 5) is 24.4. The van der Waals surface area contributed by atoms with Crippen LogP contribution in [-0.4, -0.2) is 18.4 Å². The minimum absolute atomic E-state index is 0.108. The van der Waals surface area contributed by atoms with Crippen molar-refractivity contribution in [3.63, 3.8) is 0 Å². The van der Waals surface area contributed by atoms with Crippen LogP contribution in [0.4, 0.5) is 5.69 Å². The quantitative estimate of drug-likeness (QED) is 0.722. The maximum Gasteiger partial charge on any atom is 0.253 e. The molecule has 0 heterocycles. The molecule has 0 aliphatic heterocycles. The zero-order chi connectivity index (χ0) is 18.1. The van der Waals surface area contributed by atoms with Crippen molar-refractivity contribution in [2.45, 2.75) is 26.2 Å². The number of hydrogen-bond acceptors (Lipinski definition) is 2. The standard InChI is InChI=1S/C21H24N2O2/c1-3-15-22-21(25)18-7-5-6-8-19(18)23-20(24)14-13-17-11-9-16(4-2)10-12-17/h3,5-12H,1,4,13-15H2,2H3,(H,22,25)(H,23,24). The molecule has 2 N–H and O–H groups in total. The van der Waals surface area contributed by atoms with Crippen molar-refractivity contribution in [3.05, 3.63) is 77.9 Å². The molecule has 0 aliphatic rings. The van der Waals surface area contributed by atoms with Gasteiger partial charge in [0, 0.05) is 13.0 Å². The van der Waals surface area contributed by atoms with Crippen LogP contribution in [-0.2, 0) is 17.6 Å². The first-order valence-corrected chi connectivity index (χ1v) is 8.49. The highest BCUT2D eigenvalue weighted by Crippen LogP contribution is 2.16. The van der Waals surface area contributed by atoms with Gasteiger partial charge in [0.25, 0.3) is 5.91 Å². The van der Waals surface area contributed by atoms with Crippen LogP contribution in [0.5, 0.6) is 0 Å². The maximum atomic E-state index is 12.2. The average Bonchev–Trinajstić information content (AvgIpc) is 2.65. The lowest BCUT2D eigenvalue weighted by Gasteiger charge is -2.11. The van der Waals surface area contributed by atoms with Crippen molar-refractivity contribution >= 4 is 17.5 Å². The summed E-state index contributed by atoms with van der Waals surface area (Å²) in [6.07, 6.45) is 3.66. The fourth-order valence-electron chi connectivity index (χ4n) is 2.46. The number of carbonyl (C=O) groups excluding carboxylic acids is 2. The summed E-state index contributed by atoms with van der Waals surface area (Å²) in [5.41, 5.74) is 3.39. The second-order valence-corrected chi connectivity index (χ2v) is 5.76. The van der Waals surface area contributed by atoms with Gasteiger partial charge in [0.15, 0.2) is 0 Å². The smallest absolute Gasteiger partial charge is 0.253 e. The van der Waals surface area contributed by atoms with E-state index in [1.165, 1.54) is 5.56 Å². The molecular formula is C21H24N2O2. The summed E-state index contributed by atoms with van der Waals surface area (Å²) < 4.78 is 0. The van der Waals surface area contributed by atoms with Crippen LogP contribution in [0.3, 0.4) is 0 Å². The van der Waals surface area contributed by atoms with Crippen LogP contribution < -0.4 is 10.6 Å². The molecule has 25 heavy (non-hydrogen) atoms. The van der Waals surface area contributed by atoms with Gasteiger partial charge in [-0.2, -0.15) is 0 Å². The topological polar surface area (TPSA) is 58.2 Å². The molecule has 0 unspecified atom stereocenters. The Balaban J connectivity index is 1.95. The highest BCUT2D eigenvalue weighted by Gasteiger charge is 2.12. The van der Waals surface area contributed by atoms with Gasteiger partial charge in [-0.1, -0.05) is 49.4 Å². The van der Waals surface area contributed by atoms with Crippen molar-refractivity contribution in [2.24, 2.45) is 0 Å². The molecule has 0 fully saturated rings. The summed E-state index contributed by atoms with van der Waals surface area (Å²) in [5.74, 6) is -0.338. The van der Waals surface area contributed by atoms with Gasteiger partial charge in [0.05, 0.1) is 11.3 Å². The minimum Gasteiger partial charge on any atom is -0.349 e. The first-order valence-electron chi connectivity index (χ1n) is 8.49. The molecule has 2 aromatic rings. The second kappa shape index (κ2) is 9.42. The number of para-hydroxylation sites is 1. The average molecular weight is 336 g/mol. The van der Waals surface area contributed by atoms with Gasteiger partial charge in [-0.05, 0) is 36.1 Å². The molecular weight excluding hydrogens is 312 g/mol. The second-order valence-electron chi connectivity index (χ2n) is 5.76. The summed E-state index contributed by atoms with van der Waals surface area (Å²) in [5, 5.41) is 5.56. The van der Waals surface area contributed by atoms with Gasteiger partial charge in [0.1, 0.15) is 0 Å². The monoisotopic (exact) mass is 336 g/mol. The number of aryl methyl sites for hydroxylation is 2. The zero-order valence-electron chi connectivity index (χ0n) is 14.5. The van der Waals surface area contributed by atoms with Crippen LogP contribution in [0.15, 0.2) is 61.2 Å². The molecule has 0 bridgehead atoms. The van der Waals surface area contributed by atoms with Crippen molar-refractivity contribution in [3.8, 4) is 0 Å². The molecule has 2 aromatic carbocycles. The largest absolute Gasteiger partial charge is 0.349 e. The third-order valence-electron chi connectivity index (χ3n) is 3.92. The maximum absolute atomic E-state index is 12.2. The van der Waals surface area contributed by atoms with Crippen LogP contribution in [0.2, 0.25) is 0 Å². The summed E-state index contributed by atoms with van der Waals surface area (Å²) in [6.45, 7) is 6.08. The lowest BCUT2D eigenvalue weighted by Crippen LogP contribution is -2.25. The van der Waals surface area contributed by atoms with E-state index in [4.69, 9.17) is 0 Å². The zero-order valence-corrected chi connectivity index (χ0v) is 14.5. The number of carbonyl (C=O) groups is 2. The molecule has 0 atom stereocenters. The van der Waals surface area contributed by atoms with E-state index >= 15 is 0 Å². The van der Waals surface area contributed by atoms with E-state index < -0.39 is 0 Å². The molecule has 4 nitrogen and oxygen atoms in total. The predicted molar refractivity (Wildman–Crippen MR) is 102 cm³/mol.